The Bertz CT molecular complexity index is 1250. The fraction of sp³-hybridized carbons (Fsp3) is 0.533. The molecule has 7 heteroatoms. The number of aromatic amines is 1. The molecule has 1 N–H and O–H groups in total. The van der Waals surface area contributed by atoms with Crippen LogP contribution in [0.5, 0.6) is 5.75 Å². The number of carbonyl (C=O) groups excluding carboxylic acids is 2. The molecule has 4 heterocycles. The number of imide groups is 1. The van der Waals surface area contributed by atoms with Crippen molar-refractivity contribution in [1.82, 2.24) is 19.7 Å². The molecule has 0 spiro atoms. The summed E-state index contributed by atoms with van der Waals surface area (Å²) in [5.41, 5.74) is 2.31. The smallest absolute Gasteiger partial charge is 0.328 e. The van der Waals surface area contributed by atoms with E-state index in [1.807, 2.05) is 24.0 Å². The second-order valence-corrected chi connectivity index (χ2v) is 11.3. The summed E-state index contributed by atoms with van der Waals surface area (Å²) >= 11 is 0. The average molecular weight is 503 g/mol. The molecule has 3 aliphatic heterocycles. The van der Waals surface area contributed by atoms with Crippen LogP contribution in [0.2, 0.25) is 0 Å². The first-order chi connectivity index (χ1) is 18.0. The zero-order chi connectivity index (χ0) is 25.6. The van der Waals surface area contributed by atoms with Gasteiger partial charge in [0.15, 0.2) is 0 Å². The number of methoxy groups -OCH3 is 1. The van der Waals surface area contributed by atoms with Crippen LogP contribution in [-0.2, 0) is 11.2 Å². The minimum atomic E-state index is -0.898. The van der Waals surface area contributed by atoms with E-state index in [0.29, 0.717) is 13.0 Å². The molecule has 2 aromatic rings. The van der Waals surface area contributed by atoms with Gasteiger partial charge in [-0.15, -0.1) is 0 Å². The second kappa shape index (κ2) is 9.67. The van der Waals surface area contributed by atoms with Crippen LogP contribution in [0.25, 0.3) is 10.9 Å². The lowest BCUT2D eigenvalue weighted by molar-refractivity contribution is -0.133. The Hall–Kier alpha value is -3.06. The number of carbonyl (C=O) groups is 2. The molecule has 1 aliphatic carbocycles. The van der Waals surface area contributed by atoms with Gasteiger partial charge in [0.1, 0.15) is 11.3 Å². The quantitative estimate of drug-likeness (QED) is 0.552. The van der Waals surface area contributed by atoms with Gasteiger partial charge in [0.2, 0.25) is 0 Å². The van der Waals surface area contributed by atoms with Crippen molar-refractivity contribution in [2.24, 2.45) is 5.92 Å². The van der Waals surface area contributed by atoms with Crippen molar-refractivity contribution in [2.75, 3.05) is 33.3 Å². The average Bonchev–Trinajstić information content (AvgIpc) is 3.19. The highest BCUT2D eigenvalue weighted by Gasteiger charge is 2.60. The SMILES string of the molecule is COc1ccc2[nH]c3c(c2c1)C[C@@]1(C)C(=O)N(CCCN2CCCCCC2)C(=O)N1[C@@H]3C1C=CC=CC1. The molecule has 3 atom stereocenters. The molecule has 6 rings (SSSR count). The van der Waals surface area contributed by atoms with Crippen molar-refractivity contribution in [3.05, 3.63) is 53.8 Å². The zero-order valence-electron chi connectivity index (χ0n) is 22.0. The van der Waals surface area contributed by atoms with E-state index in [-0.39, 0.29) is 23.9 Å². The number of nitrogens with one attached hydrogen (secondary N) is 1. The molecule has 0 saturated carbocycles. The van der Waals surface area contributed by atoms with Crippen molar-refractivity contribution in [3.63, 3.8) is 0 Å². The largest absolute Gasteiger partial charge is 0.497 e. The van der Waals surface area contributed by atoms with Crippen molar-refractivity contribution in [3.8, 4) is 5.75 Å². The van der Waals surface area contributed by atoms with Crippen LogP contribution in [0.1, 0.15) is 62.7 Å². The fourth-order valence-electron chi connectivity index (χ4n) is 6.95. The minimum Gasteiger partial charge on any atom is -0.497 e. The number of benzene rings is 1. The van der Waals surface area contributed by atoms with Gasteiger partial charge in [-0.25, -0.2) is 4.79 Å². The van der Waals surface area contributed by atoms with Gasteiger partial charge in [-0.2, -0.15) is 0 Å². The molecule has 196 valence electrons. The maximum Gasteiger partial charge on any atom is 0.328 e. The van der Waals surface area contributed by atoms with Gasteiger partial charge in [0.05, 0.1) is 13.2 Å². The summed E-state index contributed by atoms with van der Waals surface area (Å²) in [5.74, 6) is 0.839. The van der Waals surface area contributed by atoms with Crippen molar-refractivity contribution in [1.29, 1.82) is 0 Å². The number of hydrogen-bond donors (Lipinski definition) is 1. The molecule has 1 aromatic heterocycles. The van der Waals surface area contributed by atoms with E-state index in [4.69, 9.17) is 4.74 Å². The second-order valence-electron chi connectivity index (χ2n) is 11.3. The highest BCUT2D eigenvalue weighted by molar-refractivity contribution is 6.08. The van der Waals surface area contributed by atoms with Gasteiger partial charge >= 0.3 is 6.03 Å². The number of allylic oxidation sites excluding steroid dienone is 3. The first-order valence-corrected chi connectivity index (χ1v) is 13.9. The van der Waals surface area contributed by atoms with Crippen LogP contribution in [0.15, 0.2) is 42.5 Å². The van der Waals surface area contributed by atoms with E-state index >= 15 is 0 Å². The van der Waals surface area contributed by atoms with E-state index < -0.39 is 5.54 Å². The van der Waals surface area contributed by atoms with Crippen LogP contribution in [0.4, 0.5) is 4.79 Å². The molecule has 2 saturated heterocycles. The third-order valence-electron chi connectivity index (χ3n) is 8.89. The molecule has 0 bridgehead atoms. The number of H-pyrrole nitrogens is 1. The normalized spacial score (nSPS) is 28.1. The third kappa shape index (κ3) is 4.08. The summed E-state index contributed by atoms with van der Waals surface area (Å²) in [6.07, 6.45) is 15.7. The fourth-order valence-corrected chi connectivity index (χ4v) is 6.95. The lowest BCUT2D eigenvalue weighted by atomic mass is 9.78. The molecule has 1 unspecified atom stereocenters. The molecule has 7 nitrogen and oxygen atoms in total. The number of likely N-dealkylation sites (tertiary alicyclic amines) is 1. The van der Waals surface area contributed by atoms with E-state index in [1.54, 1.807) is 12.0 Å². The molecule has 37 heavy (non-hydrogen) atoms. The Morgan fingerprint density at radius 2 is 1.89 bits per heavy atom. The van der Waals surface area contributed by atoms with Crippen LogP contribution in [0, 0.1) is 5.92 Å². The Kier molecular flexibility index (Phi) is 6.35. The number of urea groups is 1. The summed E-state index contributed by atoms with van der Waals surface area (Å²) in [6, 6.07) is 5.68. The highest BCUT2D eigenvalue weighted by atomic mass is 16.5. The van der Waals surface area contributed by atoms with Crippen molar-refractivity contribution in [2.45, 2.75) is 63.5 Å². The van der Waals surface area contributed by atoms with Crippen molar-refractivity contribution >= 4 is 22.8 Å². The molecule has 3 amide bonds. The molecule has 4 aliphatic rings. The lowest BCUT2D eigenvalue weighted by Crippen LogP contribution is -2.54. The first-order valence-electron chi connectivity index (χ1n) is 13.9. The summed E-state index contributed by atoms with van der Waals surface area (Å²) in [6.45, 7) is 5.65. The van der Waals surface area contributed by atoms with Crippen LogP contribution in [0.3, 0.4) is 0 Å². The number of amides is 3. The molecular formula is C30H38N4O3. The Morgan fingerprint density at radius 3 is 2.62 bits per heavy atom. The van der Waals surface area contributed by atoms with Gasteiger partial charge in [-0.05, 0) is 76.0 Å². The predicted molar refractivity (Wildman–Crippen MR) is 145 cm³/mol. The Morgan fingerprint density at radius 1 is 1.08 bits per heavy atom. The summed E-state index contributed by atoms with van der Waals surface area (Å²) in [7, 11) is 1.67. The van der Waals surface area contributed by atoms with Gasteiger partial charge in [0.25, 0.3) is 5.91 Å². The van der Waals surface area contributed by atoms with Crippen molar-refractivity contribution < 1.29 is 14.3 Å². The van der Waals surface area contributed by atoms with Crippen LogP contribution >= 0.6 is 0 Å². The van der Waals surface area contributed by atoms with E-state index in [1.165, 1.54) is 25.7 Å². The number of nitrogens with zero attached hydrogens (tertiary/aromatic N) is 3. The molecule has 0 radical (unpaired) electrons. The number of rotatable bonds is 6. The maximum absolute atomic E-state index is 14.0. The highest BCUT2D eigenvalue weighted by Crippen LogP contribution is 2.50. The molecular weight excluding hydrogens is 464 g/mol. The monoisotopic (exact) mass is 502 g/mol. The van der Waals surface area contributed by atoms with E-state index in [0.717, 1.165) is 60.4 Å². The van der Waals surface area contributed by atoms with Gasteiger partial charge in [-0.1, -0.05) is 37.1 Å². The third-order valence-corrected chi connectivity index (χ3v) is 8.89. The summed E-state index contributed by atoms with van der Waals surface area (Å²) in [5, 5.41) is 1.08. The molecule has 1 aromatic carbocycles. The first kappa shape index (κ1) is 24.3. The van der Waals surface area contributed by atoms with Crippen LogP contribution < -0.4 is 4.74 Å². The number of aromatic nitrogens is 1. The van der Waals surface area contributed by atoms with Gasteiger partial charge < -0.3 is 19.5 Å². The molecule has 2 fully saturated rings. The topological polar surface area (TPSA) is 68.9 Å². The number of ether oxygens (including phenoxy) is 1. The van der Waals surface area contributed by atoms with Gasteiger partial charge in [-0.3, -0.25) is 9.69 Å². The standard InChI is InChI=1S/C30H38N4O3/c1-30-20-24-23-19-22(37-2)13-14-25(23)31-26(24)27(21-11-6-5-7-12-21)34(30)29(36)33(28(30)35)18-10-17-32-15-8-3-4-9-16-32/h5-7,11,13-14,19,21,27,31H,3-4,8-10,12,15-18,20H2,1-2H3/t21?,27-,30+/m1/s1. The number of hydrogen-bond acceptors (Lipinski definition) is 4. The van der Waals surface area contributed by atoms with E-state index in [2.05, 4.69) is 40.3 Å². The van der Waals surface area contributed by atoms with Gasteiger partial charge in [0, 0.05) is 35.5 Å². The summed E-state index contributed by atoms with van der Waals surface area (Å²) < 4.78 is 5.52. The van der Waals surface area contributed by atoms with E-state index in [9.17, 15) is 9.59 Å². The summed E-state index contributed by atoms with van der Waals surface area (Å²) in [4.78, 5) is 37.6. The lowest BCUT2D eigenvalue weighted by Gasteiger charge is -2.45. The Labute approximate surface area is 219 Å². The maximum atomic E-state index is 14.0. The van der Waals surface area contributed by atoms with Crippen LogP contribution in [-0.4, -0.2) is 70.4 Å². The predicted octanol–water partition coefficient (Wildman–Crippen LogP) is 5.20. The zero-order valence-corrected chi connectivity index (χ0v) is 22.0. The Balaban J connectivity index is 1.33. The minimum absolute atomic E-state index is 0.0587. The number of fused-ring (bicyclic) bond motifs is 4.